The van der Waals surface area contributed by atoms with E-state index in [1.54, 1.807) is 37.5 Å². The smallest absolute Gasteiger partial charge is 0.329 e. The van der Waals surface area contributed by atoms with Crippen LogP contribution in [-0.2, 0) is 9.59 Å². The number of amides is 4. The molecule has 1 atom stereocenters. The predicted molar refractivity (Wildman–Crippen MR) is 137 cm³/mol. The summed E-state index contributed by atoms with van der Waals surface area (Å²) in [6.07, 6.45) is 2.71. The molecule has 1 fully saturated rings. The number of anilines is 2. The Morgan fingerprint density at radius 1 is 1.23 bits per heavy atom. The molecule has 2 aromatic carbocycles. The summed E-state index contributed by atoms with van der Waals surface area (Å²) in [5, 5.41) is 5.31. The summed E-state index contributed by atoms with van der Waals surface area (Å²) in [6, 6.07) is 10.4. The molecule has 8 heteroatoms. The van der Waals surface area contributed by atoms with Gasteiger partial charge in [0.05, 0.1) is 7.11 Å². The van der Waals surface area contributed by atoms with Gasteiger partial charge in [-0.1, -0.05) is 6.92 Å². The molecule has 4 rings (SSSR count). The maximum Gasteiger partial charge on any atom is 0.329 e. The third-order valence-electron chi connectivity index (χ3n) is 6.96. The van der Waals surface area contributed by atoms with E-state index < -0.39 is 17.8 Å². The van der Waals surface area contributed by atoms with Crippen molar-refractivity contribution in [3.63, 3.8) is 0 Å². The molecule has 0 aromatic heterocycles. The van der Waals surface area contributed by atoms with Crippen molar-refractivity contribution in [2.75, 3.05) is 30.9 Å². The molecular weight excluding hydrogens is 444 g/mol. The van der Waals surface area contributed by atoms with Gasteiger partial charge in [-0.05, 0) is 92.3 Å². The Morgan fingerprint density at radius 2 is 1.91 bits per heavy atom. The first-order chi connectivity index (χ1) is 16.5. The Hall–Kier alpha value is -3.81. The van der Waals surface area contributed by atoms with Crippen LogP contribution in [0.25, 0.3) is 6.08 Å². The van der Waals surface area contributed by atoms with Crippen LogP contribution in [0.5, 0.6) is 5.75 Å². The fraction of sp³-hybridized carbons (Fsp3) is 0.370. The molecule has 0 radical (unpaired) electrons. The first kappa shape index (κ1) is 24.3. The maximum atomic E-state index is 13.0. The number of hydrogen-bond donors (Lipinski definition) is 2. The highest BCUT2D eigenvalue weighted by atomic mass is 16.5. The van der Waals surface area contributed by atoms with E-state index in [2.05, 4.69) is 55.5 Å². The minimum absolute atomic E-state index is 0.0567. The van der Waals surface area contributed by atoms with E-state index in [4.69, 9.17) is 4.74 Å². The standard InChI is InChI=1S/C27H32N4O4/c1-16-11-23-21(17(2)14-27(3,4)30(23)5)12-18(16)13-22-25(33)31(26(34)29-22)15-24(32)28-19-7-9-20(35-6)10-8-19/h7-13,17H,14-15H2,1-6H3,(H,28,32)(H,29,34)/b22-13+. The third kappa shape index (κ3) is 4.73. The van der Waals surface area contributed by atoms with E-state index >= 15 is 0 Å². The fourth-order valence-electron chi connectivity index (χ4n) is 4.78. The van der Waals surface area contributed by atoms with Gasteiger partial charge in [-0.2, -0.15) is 0 Å². The zero-order valence-corrected chi connectivity index (χ0v) is 21.1. The lowest BCUT2D eigenvalue weighted by Crippen LogP contribution is -2.45. The van der Waals surface area contributed by atoms with E-state index in [0.717, 1.165) is 22.4 Å². The van der Waals surface area contributed by atoms with Crippen molar-refractivity contribution >= 4 is 35.3 Å². The van der Waals surface area contributed by atoms with Crippen LogP contribution in [0, 0.1) is 6.92 Å². The topological polar surface area (TPSA) is 91.0 Å². The molecule has 8 nitrogen and oxygen atoms in total. The maximum absolute atomic E-state index is 13.0. The molecule has 4 amide bonds. The Labute approximate surface area is 205 Å². The molecule has 2 aliphatic heterocycles. The lowest BCUT2D eigenvalue weighted by molar-refractivity contribution is -0.127. The Morgan fingerprint density at radius 3 is 2.57 bits per heavy atom. The van der Waals surface area contributed by atoms with Gasteiger partial charge in [0, 0.05) is 24.0 Å². The highest BCUT2D eigenvalue weighted by molar-refractivity contribution is 6.16. The molecule has 35 heavy (non-hydrogen) atoms. The Kier molecular flexibility index (Phi) is 6.32. The molecule has 2 N–H and O–H groups in total. The van der Waals surface area contributed by atoms with Crippen LogP contribution in [0.1, 0.15) is 49.8 Å². The van der Waals surface area contributed by atoms with Gasteiger partial charge in [0.15, 0.2) is 0 Å². The Bertz CT molecular complexity index is 1220. The largest absolute Gasteiger partial charge is 0.497 e. The van der Waals surface area contributed by atoms with Gasteiger partial charge in [-0.3, -0.25) is 9.59 Å². The molecule has 1 saturated heterocycles. The number of benzene rings is 2. The normalized spacial score (nSPS) is 20.1. The molecule has 0 bridgehead atoms. The molecule has 2 heterocycles. The second-order valence-corrected chi connectivity index (χ2v) is 9.90. The fourth-order valence-corrected chi connectivity index (χ4v) is 4.78. The van der Waals surface area contributed by atoms with E-state index in [1.807, 2.05) is 6.92 Å². The Balaban J connectivity index is 1.52. The highest BCUT2D eigenvalue weighted by Gasteiger charge is 2.36. The number of imide groups is 1. The van der Waals surface area contributed by atoms with E-state index in [9.17, 15) is 14.4 Å². The lowest BCUT2D eigenvalue weighted by Gasteiger charge is -2.45. The van der Waals surface area contributed by atoms with Gasteiger partial charge in [0.1, 0.15) is 18.0 Å². The molecule has 184 valence electrons. The van der Waals surface area contributed by atoms with Gasteiger partial charge < -0.3 is 20.3 Å². The van der Waals surface area contributed by atoms with E-state index in [1.165, 1.54) is 11.3 Å². The molecule has 2 aromatic rings. The third-order valence-corrected chi connectivity index (χ3v) is 6.96. The second-order valence-electron chi connectivity index (χ2n) is 9.90. The summed E-state index contributed by atoms with van der Waals surface area (Å²) in [5.74, 6) is 0.0303. The number of nitrogens with one attached hydrogen (secondary N) is 2. The van der Waals surface area contributed by atoms with Crippen molar-refractivity contribution in [1.82, 2.24) is 10.2 Å². The summed E-state index contributed by atoms with van der Waals surface area (Å²) in [7, 11) is 3.67. The summed E-state index contributed by atoms with van der Waals surface area (Å²) in [6.45, 7) is 8.31. The second kappa shape index (κ2) is 9.09. The first-order valence-electron chi connectivity index (χ1n) is 11.7. The number of methoxy groups -OCH3 is 1. The summed E-state index contributed by atoms with van der Waals surface area (Å²) >= 11 is 0. The van der Waals surface area contributed by atoms with Crippen LogP contribution in [0.4, 0.5) is 16.2 Å². The van der Waals surface area contributed by atoms with Crippen LogP contribution < -0.4 is 20.3 Å². The van der Waals surface area contributed by atoms with Gasteiger partial charge in [0.25, 0.3) is 5.91 Å². The summed E-state index contributed by atoms with van der Waals surface area (Å²) in [4.78, 5) is 41.1. The number of hydrogen-bond acceptors (Lipinski definition) is 5. The van der Waals surface area contributed by atoms with Crippen molar-refractivity contribution in [3.05, 3.63) is 58.8 Å². The monoisotopic (exact) mass is 476 g/mol. The molecule has 0 spiro atoms. The minimum Gasteiger partial charge on any atom is -0.497 e. The predicted octanol–water partition coefficient (Wildman–Crippen LogP) is 4.26. The number of carbonyl (C=O) groups excluding carboxylic acids is 3. The number of ether oxygens (including phenoxy) is 1. The number of aryl methyl sites for hydroxylation is 1. The van der Waals surface area contributed by atoms with E-state index in [-0.39, 0.29) is 17.8 Å². The molecule has 0 aliphatic carbocycles. The average molecular weight is 477 g/mol. The number of carbonyl (C=O) groups is 3. The highest BCUT2D eigenvalue weighted by Crippen LogP contribution is 2.43. The zero-order valence-electron chi connectivity index (χ0n) is 21.1. The lowest BCUT2D eigenvalue weighted by atomic mass is 9.79. The molecular formula is C27H32N4O4. The van der Waals surface area contributed by atoms with Crippen LogP contribution >= 0.6 is 0 Å². The average Bonchev–Trinajstić information content (AvgIpc) is 3.06. The van der Waals surface area contributed by atoms with Gasteiger partial charge in [-0.25, -0.2) is 9.69 Å². The van der Waals surface area contributed by atoms with Crippen LogP contribution in [0.15, 0.2) is 42.1 Å². The minimum atomic E-state index is -0.614. The van der Waals surface area contributed by atoms with Crippen molar-refractivity contribution in [1.29, 1.82) is 0 Å². The van der Waals surface area contributed by atoms with Gasteiger partial charge >= 0.3 is 6.03 Å². The van der Waals surface area contributed by atoms with Crippen molar-refractivity contribution in [3.8, 4) is 5.75 Å². The van der Waals surface area contributed by atoms with Crippen LogP contribution in [0.2, 0.25) is 0 Å². The van der Waals surface area contributed by atoms with Crippen LogP contribution in [0.3, 0.4) is 0 Å². The number of fused-ring (bicyclic) bond motifs is 1. The van der Waals surface area contributed by atoms with Crippen molar-refractivity contribution in [2.45, 2.75) is 45.6 Å². The summed E-state index contributed by atoms with van der Waals surface area (Å²) in [5.41, 5.74) is 5.05. The number of nitrogens with zero attached hydrogens (tertiary/aromatic N) is 2. The number of rotatable bonds is 5. The SMILES string of the molecule is COc1ccc(NC(=O)CN2C(=O)N/C(=C/c3cc4c(cc3C)N(C)C(C)(C)CC4C)C2=O)cc1. The van der Waals surface area contributed by atoms with Crippen molar-refractivity contribution in [2.24, 2.45) is 0 Å². The first-order valence-corrected chi connectivity index (χ1v) is 11.7. The van der Waals surface area contributed by atoms with Crippen molar-refractivity contribution < 1.29 is 19.1 Å². The van der Waals surface area contributed by atoms with Crippen LogP contribution in [-0.4, -0.2) is 49.0 Å². The van der Waals surface area contributed by atoms with Gasteiger partial charge in [0.2, 0.25) is 5.91 Å². The zero-order chi connectivity index (χ0) is 25.5. The molecule has 1 unspecified atom stereocenters. The number of urea groups is 1. The summed E-state index contributed by atoms with van der Waals surface area (Å²) < 4.78 is 5.10. The quantitative estimate of drug-likeness (QED) is 0.497. The molecule has 0 saturated carbocycles. The van der Waals surface area contributed by atoms with Gasteiger partial charge in [-0.15, -0.1) is 0 Å². The van der Waals surface area contributed by atoms with E-state index in [0.29, 0.717) is 17.4 Å². The molecule has 2 aliphatic rings.